The fraction of sp³-hybridized carbons (Fsp3) is 0.133. The van der Waals surface area contributed by atoms with E-state index in [1.807, 2.05) is 25.2 Å². The van der Waals surface area contributed by atoms with E-state index in [0.29, 0.717) is 6.42 Å². The Kier molecular flexibility index (Phi) is 3.69. The average molecular weight is 282 g/mol. The van der Waals surface area contributed by atoms with Gasteiger partial charge in [0, 0.05) is 36.8 Å². The van der Waals surface area contributed by atoms with Crippen LogP contribution in [0.15, 0.2) is 48.1 Å². The van der Waals surface area contributed by atoms with Gasteiger partial charge in [0.05, 0.1) is 16.4 Å². The summed E-state index contributed by atoms with van der Waals surface area (Å²) in [5, 5.41) is 6.18. The quantitative estimate of drug-likeness (QED) is 0.798. The summed E-state index contributed by atoms with van der Waals surface area (Å²) < 4.78 is 0. The van der Waals surface area contributed by atoms with E-state index in [9.17, 15) is 0 Å². The molecule has 0 atom stereocenters. The Bertz CT molecular complexity index is 694. The number of hydrogen-bond acceptors (Lipinski definition) is 5. The summed E-state index contributed by atoms with van der Waals surface area (Å²) in [5.41, 5.74) is 3.08. The molecule has 0 saturated heterocycles. The lowest BCUT2D eigenvalue weighted by Crippen LogP contribution is -2.01. The lowest BCUT2D eigenvalue weighted by Gasteiger charge is -2.04. The predicted molar refractivity (Wildman–Crippen MR) is 81.9 cm³/mol. The van der Waals surface area contributed by atoms with Gasteiger partial charge in [-0.3, -0.25) is 4.98 Å². The highest BCUT2D eigenvalue weighted by molar-refractivity contribution is 7.10. The SMILES string of the molecule is CNc1nccnc1Cc1nc(-c2ccccc2)cs1. The van der Waals surface area contributed by atoms with Gasteiger partial charge in [-0.15, -0.1) is 11.3 Å². The third-order valence-corrected chi connectivity index (χ3v) is 3.80. The number of aromatic nitrogens is 3. The lowest BCUT2D eigenvalue weighted by atomic mass is 10.2. The molecule has 0 amide bonds. The highest BCUT2D eigenvalue weighted by Gasteiger charge is 2.09. The van der Waals surface area contributed by atoms with Crippen molar-refractivity contribution < 1.29 is 0 Å². The van der Waals surface area contributed by atoms with Gasteiger partial charge < -0.3 is 5.32 Å². The van der Waals surface area contributed by atoms with Gasteiger partial charge in [0.2, 0.25) is 0 Å². The second kappa shape index (κ2) is 5.79. The Balaban J connectivity index is 1.84. The topological polar surface area (TPSA) is 50.7 Å². The maximum Gasteiger partial charge on any atom is 0.147 e. The zero-order valence-electron chi connectivity index (χ0n) is 11.1. The molecule has 0 aliphatic rings. The van der Waals surface area contributed by atoms with E-state index in [0.717, 1.165) is 27.8 Å². The first-order valence-corrected chi connectivity index (χ1v) is 7.22. The van der Waals surface area contributed by atoms with Crippen LogP contribution in [-0.2, 0) is 6.42 Å². The Morgan fingerprint density at radius 1 is 1.10 bits per heavy atom. The van der Waals surface area contributed by atoms with Crippen molar-refractivity contribution in [3.63, 3.8) is 0 Å². The molecule has 0 spiro atoms. The molecule has 100 valence electrons. The number of thiazole rings is 1. The van der Waals surface area contributed by atoms with Crippen LogP contribution in [0.4, 0.5) is 5.82 Å². The summed E-state index contributed by atoms with van der Waals surface area (Å²) in [6.45, 7) is 0. The molecule has 0 saturated carbocycles. The number of nitrogens with one attached hydrogen (secondary N) is 1. The monoisotopic (exact) mass is 282 g/mol. The molecule has 0 unspecified atom stereocenters. The molecule has 0 aliphatic carbocycles. The van der Waals surface area contributed by atoms with Gasteiger partial charge in [-0.1, -0.05) is 30.3 Å². The van der Waals surface area contributed by atoms with Crippen LogP contribution in [-0.4, -0.2) is 22.0 Å². The zero-order valence-corrected chi connectivity index (χ0v) is 11.9. The number of nitrogens with zero attached hydrogens (tertiary/aromatic N) is 3. The molecule has 0 aliphatic heterocycles. The number of rotatable bonds is 4. The van der Waals surface area contributed by atoms with Crippen LogP contribution in [0.5, 0.6) is 0 Å². The normalized spacial score (nSPS) is 10.4. The zero-order chi connectivity index (χ0) is 13.8. The van der Waals surface area contributed by atoms with E-state index in [-0.39, 0.29) is 0 Å². The Labute approximate surface area is 121 Å². The summed E-state index contributed by atoms with van der Waals surface area (Å²) in [4.78, 5) is 13.3. The molecule has 20 heavy (non-hydrogen) atoms. The van der Waals surface area contributed by atoms with Gasteiger partial charge in [0.25, 0.3) is 0 Å². The van der Waals surface area contributed by atoms with Crippen LogP contribution in [0.3, 0.4) is 0 Å². The largest absolute Gasteiger partial charge is 0.372 e. The smallest absolute Gasteiger partial charge is 0.147 e. The predicted octanol–water partition coefficient (Wildman–Crippen LogP) is 3.23. The van der Waals surface area contributed by atoms with Crippen LogP contribution in [0.2, 0.25) is 0 Å². The van der Waals surface area contributed by atoms with Crippen molar-refractivity contribution in [1.82, 2.24) is 15.0 Å². The standard InChI is InChI=1S/C15H14N4S/c1-16-15-12(17-7-8-18-15)9-14-19-13(10-20-14)11-5-3-2-4-6-11/h2-8,10H,9H2,1H3,(H,16,18). The second-order valence-electron chi connectivity index (χ2n) is 4.27. The van der Waals surface area contributed by atoms with Crippen molar-refractivity contribution in [2.75, 3.05) is 12.4 Å². The van der Waals surface area contributed by atoms with Crippen molar-refractivity contribution >= 4 is 17.2 Å². The van der Waals surface area contributed by atoms with Crippen molar-refractivity contribution in [1.29, 1.82) is 0 Å². The molecule has 0 fully saturated rings. The molecule has 2 heterocycles. The van der Waals surface area contributed by atoms with E-state index in [2.05, 4.69) is 37.8 Å². The molecular formula is C15H14N4S. The van der Waals surface area contributed by atoms with Gasteiger partial charge >= 0.3 is 0 Å². The first-order chi connectivity index (χ1) is 9.86. The van der Waals surface area contributed by atoms with Gasteiger partial charge in [-0.2, -0.15) is 0 Å². The number of hydrogen-bond donors (Lipinski definition) is 1. The first-order valence-electron chi connectivity index (χ1n) is 6.34. The maximum absolute atomic E-state index is 4.67. The summed E-state index contributed by atoms with van der Waals surface area (Å²) in [5.74, 6) is 0.809. The van der Waals surface area contributed by atoms with Crippen LogP contribution >= 0.6 is 11.3 Å². The van der Waals surface area contributed by atoms with Crippen LogP contribution in [0.25, 0.3) is 11.3 Å². The Morgan fingerprint density at radius 3 is 2.70 bits per heavy atom. The van der Waals surface area contributed by atoms with Crippen LogP contribution in [0.1, 0.15) is 10.7 Å². The lowest BCUT2D eigenvalue weighted by molar-refractivity contribution is 1.02. The molecule has 4 nitrogen and oxygen atoms in total. The fourth-order valence-corrected chi connectivity index (χ4v) is 2.79. The third-order valence-electron chi connectivity index (χ3n) is 2.95. The van der Waals surface area contributed by atoms with E-state index in [1.54, 1.807) is 23.7 Å². The van der Waals surface area contributed by atoms with Gasteiger partial charge in [0.1, 0.15) is 5.82 Å². The van der Waals surface area contributed by atoms with Crippen molar-refractivity contribution in [2.45, 2.75) is 6.42 Å². The molecule has 0 radical (unpaired) electrons. The van der Waals surface area contributed by atoms with Crippen molar-refractivity contribution in [3.05, 3.63) is 58.8 Å². The summed E-state index contributed by atoms with van der Waals surface area (Å²) in [7, 11) is 1.85. The van der Waals surface area contributed by atoms with Crippen LogP contribution in [0, 0.1) is 0 Å². The van der Waals surface area contributed by atoms with E-state index < -0.39 is 0 Å². The fourth-order valence-electron chi connectivity index (χ4n) is 1.98. The van der Waals surface area contributed by atoms with Gasteiger partial charge in [-0.25, -0.2) is 9.97 Å². The van der Waals surface area contributed by atoms with Crippen LogP contribution < -0.4 is 5.32 Å². The molecule has 3 aromatic rings. The van der Waals surface area contributed by atoms with E-state index >= 15 is 0 Å². The Morgan fingerprint density at radius 2 is 1.90 bits per heavy atom. The minimum absolute atomic E-state index is 0.696. The highest BCUT2D eigenvalue weighted by atomic mass is 32.1. The Hall–Kier alpha value is -2.27. The second-order valence-corrected chi connectivity index (χ2v) is 5.21. The molecule has 5 heteroatoms. The minimum Gasteiger partial charge on any atom is -0.372 e. The van der Waals surface area contributed by atoms with E-state index in [4.69, 9.17) is 0 Å². The minimum atomic E-state index is 0.696. The number of benzene rings is 1. The van der Waals surface area contributed by atoms with Crippen molar-refractivity contribution in [3.8, 4) is 11.3 Å². The molecular weight excluding hydrogens is 268 g/mol. The average Bonchev–Trinajstić information content (AvgIpc) is 2.97. The molecule has 2 aromatic heterocycles. The summed E-state index contributed by atoms with van der Waals surface area (Å²) in [6, 6.07) is 10.2. The molecule has 3 rings (SSSR count). The maximum atomic E-state index is 4.67. The molecule has 1 N–H and O–H groups in total. The van der Waals surface area contributed by atoms with E-state index in [1.165, 1.54) is 0 Å². The third kappa shape index (κ3) is 2.67. The molecule has 1 aromatic carbocycles. The van der Waals surface area contributed by atoms with Gasteiger partial charge in [0.15, 0.2) is 0 Å². The highest BCUT2D eigenvalue weighted by Crippen LogP contribution is 2.23. The number of anilines is 1. The van der Waals surface area contributed by atoms with Gasteiger partial charge in [-0.05, 0) is 0 Å². The molecule has 0 bridgehead atoms. The first kappa shape index (κ1) is 12.7. The summed E-state index contributed by atoms with van der Waals surface area (Å²) >= 11 is 1.65. The summed E-state index contributed by atoms with van der Waals surface area (Å²) in [6.07, 6.45) is 4.09. The van der Waals surface area contributed by atoms with Crippen molar-refractivity contribution in [2.24, 2.45) is 0 Å².